The summed E-state index contributed by atoms with van der Waals surface area (Å²) in [5.74, 6) is 2.32. The van der Waals surface area contributed by atoms with Gasteiger partial charge in [-0.3, -0.25) is 9.59 Å². The number of carbonyl (C=O) groups is 2. The highest BCUT2D eigenvalue weighted by Crippen LogP contribution is 2.44. The predicted molar refractivity (Wildman–Crippen MR) is 117 cm³/mol. The van der Waals surface area contributed by atoms with Gasteiger partial charge in [-0.15, -0.1) is 11.8 Å². The number of piperidine rings is 1. The molecule has 2 heterocycles. The summed E-state index contributed by atoms with van der Waals surface area (Å²) in [6.07, 6.45) is 1.54. The van der Waals surface area contributed by atoms with Crippen molar-refractivity contribution in [2.75, 3.05) is 39.1 Å². The number of hydrogen-bond acceptors (Lipinski definition) is 5. The Labute approximate surface area is 181 Å². The molecule has 0 saturated carbocycles. The molecule has 0 atom stereocenters. The molecule has 7 heteroatoms. The van der Waals surface area contributed by atoms with Gasteiger partial charge in [0.15, 0.2) is 6.61 Å². The Morgan fingerprint density at radius 3 is 2.47 bits per heavy atom. The zero-order chi connectivity index (χ0) is 21.0. The molecule has 158 valence electrons. The molecule has 2 aliphatic heterocycles. The highest BCUT2D eigenvalue weighted by atomic mass is 32.2. The summed E-state index contributed by atoms with van der Waals surface area (Å²) in [5, 5.41) is 0. The van der Waals surface area contributed by atoms with Crippen molar-refractivity contribution < 1.29 is 19.1 Å². The maximum atomic E-state index is 13.2. The number of amides is 2. The van der Waals surface area contributed by atoms with Crippen molar-refractivity contribution in [2.24, 2.45) is 0 Å². The van der Waals surface area contributed by atoms with Crippen LogP contribution < -0.4 is 9.47 Å². The van der Waals surface area contributed by atoms with Crippen molar-refractivity contribution in [3.63, 3.8) is 0 Å². The van der Waals surface area contributed by atoms with E-state index >= 15 is 0 Å². The van der Waals surface area contributed by atoms with Gasteiger partial charge in [-0.1, -0.05) is 24.3 Å². The lowest BCUT2D eigenvalue weighted by Crippen LogP contribution is -2.54. The molecule has 0 aromatic heterocycles. The number of nitrogens with zero attached hydrogens (tertiary/aromatic N) is 2. The van der Waals surface area contributed by atoms with Gasteiger partial charge in [-0.2, -0.15) is 0 Å². The Balaban J connectivity index is 1.37. The Morgan fingerprint density at radius 1 is 1.00 bits per heavy atom. The second kappa shape index (κ2) is 9.00. The Bertz CT molecular complexity index is 897. The summed E-state index contributed by atoms with van der Waals surface area (Å²) >= 11 is 1.84. The molecule has 2 saturated heterocycles. The van der Waals surface area contributed by atoms with Crippen molar-refractivity contribution in [1.82, 2.24) is 9.80 Å². The van der Waals surface area contributed by atoms with Crippen LogP contribution in [0, 0.1) is 0 Å². The summed E-state index contributed by atoms with van der Waals surface area (Å²) in [6.45, 7) is 2.03. The second-order valence-corrected chi connectivity index (χ2v) is 8.92. The largest absolute Gasteiger partial charge is 0.497 e. The van der Waals surface area contributed by atoms with E-state index in [0.717, 1.165) is 25.1 Å². The molecular formula is C23H26N2O4S. The molecule has 0 bridgehead atoms. The number of para-hydroxylation sites is 1. The topological polar surface area (TPSA) is 59.1 Å². The third kappa shape index (κ3) is 4.26. The standard InChI is InChI=1S/C23H26N2O4S/c1-28-20-9-5-6-18(16-20)22(27)25-14-15-30-23(25)10-12-24(13-11-23)21(26)17-29-19-7-3-2-4-8-19/h2-9,16H,10-15,17H2,1H3. The van der Waals surface area contributed by atoms with Gasteiger partial charge >= 0.3 is 0 Å². The first-order valence-corrected chi connectivity index (χ1v) is 11.2. The van der Waals surface area contributed by atoms with Gasteiger partial charge in [0.1, 0.15) is 11.5 Å². The smallest absolute Gasteiger partial charge is 0.260 e. The number of benzene rings is 2. The maximum Gasteiger partial charge on any atom is 0.260 e. The first kappa shape index (κ1) is 20.6. The zero-order valence-corrected chi connectivity index (χ0v) is 17.9. The third-order valence-corrected chi connectivity index (χ3v) is 7.30. The number of methoxy groups -OCH3 is 1. The maximum absolute atomic E-state index is 13.2. The van der Waals surface area contributed by atoms with Crippen LogP contribution >= 0.6 is 11.8 Å². The van der Waals surface area contributed by atoms with Crippen LogP contribution in [0.4, 0.5) is 0 Å². The third-order valence-electron chi connectivity index (χ3n) is 5.74. The van der Waals surface area contributed by atoms with E-state index < -0.39 is 0 Å². The monoisotopic (exact) mass is 426 g/mol. The Kier molecular flexibility index (Phi) is 6.18. The summed E-state index contributed by atoms with van der Waals surface area (Å²) < 4.78 is 10.9. The predicted octanol–water partition coefficient (Wildman–Crippen LogP) is 3.28. The van der Waals surface area contributed by atoms with Crippen LogP contribution in [0.2, 0.25) is 0 Å². The lowest BCUT2D eigenvalue weighted by Gasteiger charge is -2.44. The van der Waals surface area contributed by atoms with Crippen LogP contribution in [0.5, 0.6) is 11.5 Å². The summed E-state index contributed by atoms with van der Waals surface area (Å²) in [6, 6.07) is 16.7. The fraction of sp³-hybridized carbons (Fsp3) is 0.391. The minimum atomic E-state index is -0.239. The van der Waals surface area contributed by atoms with Gasteiger partial charge < -0.3 is 19.3 Å². The van der Waals surface area contributed by atoms with Gasteiger partial charge in [0.25, 0.3) is 11.8 Å². The first-order chi connectivity index (χ1) is 14.6. The molecule has 2 amide bonds. The van der Waals surface area contributed by atoms with E-state index in [0.29, 0.717) is 30.2 Å². The van der Waals surface area contributed by atoms with Gasteiger partial charge in [-0.25, -0.2) is 0 Å². The SMILES string of the molecule is COc1cccc(C(=O)N2CCSC23CCN(C(=O)COc2ccccc2)CC3)c1. The molecule has 6 nitrogen and oxygen atoms in total. The van der Waals surface area contributed by atoms with Crippen molar-refractivity contribution >= 4 is 23.6 Å². The lowest BCUT2D eigenvalue weighted by molar-refractivity contribution is -0.135. The summed E-state index contributed by atoms with van der Waals surface area (Å²) in [7, 11) is 1.60. The minimum absolute atomic E-state index is 0.0117. The normalized spacial score (nSPS) is 17.8. The van der Waals surface area contributed by atoms with Crippen LogP contribution in [-0.4, -0.2) is 65.6 Å². The highest BCUT2D eigenvalue weighted by molar-refractivity contribution is 8.00. The molecule has 2 aliphatic rings. The van der Waals surface area contributed by atoms with Crippen molar-refractivity contribution in [1.29, 1.82) is 0 Å². The summed E-state index contributed by atoms with van der Waals surface area (Å²) in [5.41, 5.74) is 0.644. The molecule has 0 unspecified atom stereocenters. The van der Waals surface area contributed by atoms with Gasteiger partial charge in [-0.05, 0) is 43.2 Å². The number of thioether (sulfide) groups is 1. The number of hydrogen-bond donors (Lipinski definition) is 0. The fourth-order valence-corrected chi connectivity index (χ4v) is 5.54. The van der Waals surface area contributed by atoms with E-state index in [4.69, 9.17) is 9.47 Å². The molecule has 30 heavy (non-hydrogen) atoms. The number of ether oxygens (including phenoxy) is 2. The molecule has 2 aromatic rings. The molecule has 1 spiro atoms. The molecule has 4 rings (SSSR count). The number of rotatable bonds is 5. The fourth-order valence-electron chi connectivity index (χ4n) is 4.08. The molecular weight excluding hydrogens is 400 g/mol. The van der Waals surface area contributed by atoms with E-state index in [2.05, 4.69) is 0 Å². The van der Waals surface area contributed by atoms with Gasteiger partial charge in [0.05, 0.1) is 12.0 Å². The van der Waals surface area contributed by atoms with Crippen LogP contribution in [0.25, 0.3) is 0 Å². The van der Waals surface area contributed by atoms with Crippen molar-refractivity contribution in [2.45, 2.75) is 17.7 Å². The molecule has 0 aliphatic carbocycles. The lowest BCUT2D eigenvalue weighted by atomic mass is 10.0. The van der Waals surface area contributed by atoms with Crippen molar-refractivity contribution in [3.05, 3.63) is 60.2 Å². The summed E-state index contributed by atoms with van der Waals surface area (Å²) in [4.78, 5) is 29.4. The number of likely N-dealkylation sites (tertiary alicyclic amines) is 1. The van der Waals surface area contributed by atoms with Crippen LogP contribution in [-0.2, 0) is 4.79 Å². The van der Waals surface area contributed by atoms with Gasteiger partial charge in [0, 0.05) is 31.0 Å². The van der Waals surface area contributed by atoms with Crippen LogP contribution in [0.1, 0.15) is 23.2 Å². The van der Waals surface area contributed by atoms with Gasteiger partial charge in [0.2, 0.25) is 0 Å². The van der Waals surface area contributed by atoms with E-state index in [-0.39, 0.29) is 23.3 Å². The van der Waals surface area contributed by atoms with E-state index in [9.17, 15) is 9.59 Å². The minimum Gasteiger partial charge on any atom is -0.497 e. The van der Waals surface area contributed by atoms with E-state index in [1.54, 1.807) is 13.2 Å². The van der Waals surface area contributed by atoms with Crippen LogP contribution in [0.15, 0.2) is 54.6 Å². The molecule has 2 fully saturated rings. The molecule has 0 N–H and O–H groups in total. The quantitative estimate of drug-likeness (QED) is 0.734. The molecule has 0 radical (unpaired) electrons. The first-order valence-electron chi connectivity index (χ1n) is 10.2. The highest BCUT2D eigenvalue weighted by Gasteiger charge is 2.47. The zero-order valence-electron chi connectivity index (χ0n) is 17.1. The Hall–Kier alpha value is -2.67. The van der Waals surface area contributed by atoms with Crippen molar-refractivity contribution in [3.8, 4) is 11.5 Å². The molecule has 2 aromatic carbocycles. The average Bonchev–Trinajstić information content (AvgIpc) is 3.21. The number of carbonyl (C=O) groups excluding carboxylic acids is 2. The second-order valence-electron chi connectivity index (χ2n) is 7.47. The van der Waals surface area contributed by atoms with E-state index in [1.165, 1.54) is 0 Å². The average molecular weight is 427 g/mol. The van der Waals surface area contributed by atoms with E-state index in [1.807, 2.05) is 70.1 Å². The Morgan fingerprint density at radius 2 is 1.73 bits per heavy atom. The van der Waals surface area contributed by atoms with Crippen LogP contribution in [0.3, 0.4) is 0 Å².